The van der Waals surface area contributed by atoms with Crippen LogP contribution in [0.2, 0.25) is 5.02 Å². The summed E-state index contributed by atoms with van der Waals surface area (Å²) in [6.07, 6.45) is 1.16. The van der Waals surface area contributed by atoms with Crippen LogP contribution in [0.4, 0.5) is 0 Å². The van der Waals surface area contributed by atoms with Gasteiger partial charge in [-0.1, -0.05) is 25.4 Å². The van der Waals surface area contributed by atoms with Crippen molar-refractivity contribution >= 4 is 41.1 Å². The Morgan fingerprint density at radius 2 is 2.11 bits per heavy atom. The second kappa shape index (κ2) is 9.32. The zero-order valence-corrected chi connectivity index (χ0v) is 17.0. The molecule has 2 N–H and O–H groups in total. The molecule has 1 heterocycles. The second-order valence-electron chi connectivity index (χ2n) is 6.50. The van der Waals surface area contributed by atoms with E-state index in [4.69, 9.17) is 21.4 Å². The highest BCUT2D eigenvalue weighted by Gasteiger charge is 2.41. The average molecular weight is 415 g/mol. The summed E-state index contributed by atoms with van der Waals surface area (Å²) < 4.78 is 5.95. The molecule has 0 spiro atoms. The number of halogens is 1. The van der Waals surface area contributed by atoms with Gasteiger partial charge in [-0.15, -0.1) is 0 Å². The molecule has 0 aliphatic carbocycles. The van der Waals surface area contributed by atoms with E-state index in [-0.39, 0.29) is 11.8 Å². The van der Waals surface area contributed by atoms with E-state index in [2.05, 4.69) is 5.32 Å². The standard InChI is InChI=1S/C18H23ClN2O5S/c1-10(2)16-18(25)21(6-7-27-3)15(17(24)20-9-14(22)23)12-8-11(19)4-5-13(12)26-16/h4-5,8,10,15-16H,6-7,9H2,1-3H3,(H,20,24)(H,22,23). The Morgan fingerprint density at radius 1 is 1.41 bits per heavy atom. The number of hydrogen-bond acceptors (Lipinski definition) is 5. The number of carboxylic acids is 1. The van der Waals surface area contributed by atoms with Gasteiger partial charge in [0.25, 0.3) is 5.91 Å². The van der Waals surface area contributed by atoms with Gasteiger partial charge < -0.3 is 20.1 Å². The van der Waals surface area contributed by atoms with Crippen molar-refractivity contribution in [2.75, 3.05) is 25.1 Å². The van der Waals surface area contributed by atoms with Crippen molar-refractivity contribution in [3.05, 3.63) is 28.8 Å². The van der Waals surface area contributed by atoms with Gasteiger partial charge in [0.15, 0.2) is 6.10 Å². The number of thioether (sulfide) groups is 1. The lowest BCUT2D eigenvalue weighted by Gasteiger charge is -2.31. The third-order valence-corrected chi connectivity index (χ3v) is 4.99. The first-order valence-corrected chi connectivity index (χ1v) is 10.3. The molecule has 1 aromatic carbocycles. The van der Waals surface area contributed by atoms with Crippen LogP contribution in [-0.2, 0) is 14.4 Å². The predicted octanol–water partition coefficient (Wildman–Crippen LogP) is 2.19. The Kier molecular flexibility index (Phi) is 7.38. The average Bonchev–Trinajstić information content (AvgIpc) is 2.72. The Labute approximate surface area is 167 Å². The van der Waals surface area contributed by atoms with Crippen molar-refractivity contribution in [1.82, 2.24) is 10.2 Å². The molecule has 1 aliphatic heterocycles. The minimum Gasteiger partial charge on any atom is -0.480 e. The minimum absolute atomic E-state index is 0.112. The summed E-state index contributed by atoms with van der Waals surface area (Å²) in [5, 5.41) is 11.7. The first-order chi connectivity index (χ1) is 12.8. The maximum absolute atomic E-state index is 13.2. The molecule has 0 radical (unpaired) electrons. The van der Waals surface area contributed by atoms with Crippen LogP contribution in [0.1, 0.15) is 25.5 Å². The molecular formula is C18H23ClN2O5S. The quantitative estimate of drug-likeness (QED) is 0.710. The number of ether oxygens (including phenoxy) is 1. The van der Waals surface area contributed by atoms with Crippen molar-refractivity contribution in [3.63, 3.8) is 0 Å². The number of hydrogen-bond donors (Lipinski definition) is 2. The molecule has 1 aromatic rings. The molecule has 148 valence electrons. The van der Waals surface area contributed by atoms with E-state index in [1.807, 2.05) is 20.1 Å². The molecule has 2 amide bonds. The molecule has 9 heteroatoms. The van der Waals surface area contributed by atoms with Gasteiger partial charge in [-0.05, 0) is 30.4 Å². The Morgan fingerprint density at radius 3 is 2.70 bits per heavy atom. The van der Waals surface area contributed by atoms with Crippen LogP contribution in [0, 0.1) is 5.92 Å². The second-order valence-corrected chi connectivity index (χ2v) is 7.93. The number of amides is 2. The summed E-state index contributed by atoms with van der Waals surface area (Å²) in [5.41, 5.74) is 0.447. The number of carboxylic acid groups (broad SMARTS) is 1. The lowest BCUT2D eigenvalue weighted by molar-refractivity contribution is -0.146. The van der Waals surface area contributed by atoms with Crippen LogP contribution in [0.15, 0.2) is 18.2 Å². The maximum atomic E-state index is 13.2. The molecule has 0 saturated carbocycles. The number of nitrogens with zero attached hydrogens (tertiary/aromatic N) is 1. The highest BCUT2D eigenvalue weighted by molar-refractivity contribution is 7.98. The molecular weight excluding hydrogens is 392 g/mol. The molecule has 0 saturated heterocycles. The number of carbonyl (C=O) groups is 3. The summed E-state index contributed by atoms with van der Waals surface area (Å²) in [6, 6.07) is 3.84. The minimum atomic E-state index is -1.17. The van der Waals surface area contributed by atoms with Crippen LogP contribution in [0.3, 0.4) is 0 Å². The summed E-state index contributed by atoms with van der Waals surface area (Å²) in [7, 11) is 0. The summed E-state index contributed by atoms with van der Waals surface area (Å²) in [6.45, 7) is 3.53. The van der Waals surface area contributed by atoms with Crippen LogP contribution in [0.25, 0.3) is 0 Å². The summed E-state index contributed by atoms with van der Waals surface area (Å²) >= 11 is 7.67. The van der Waals surface area contributed by atoms with Crippen LogP contribution >= 0.6 is 23.4 Å². The third kappa shape index (κ3) is 5.07. The zero-order valence-electron chi connectivity index (χ0n) is 15.4. The molecule has 7 nitrogen and oxygen atoms in total. The molecule has 0 fully saturated rings. The molecule has 0 bridgehead atoms. The largest absolute Gasteiger partial charge is 0.480 e. The van der Waals surface area contributed by atoms with Gasteiger partial charge in [0.1, 0.15) is 18.3 Å². The fourth-order valence-corrected chi connectivity index (χ4v) is 3.44. The number of fused-ring (bicyclic) bond motifs is 1. The van der Waals surface area contributed by atoms with Gasteiger partial charge in [0, 0.05) is 22.9 Å². The fraction of sp³-hybridized carbons (Fsp3) is 0.500. The maximum Gasteiger partial charge on any atom is 0.322 e. The van der Waals surface area contributed by atoms with Crippen LogP contribution in [-0.4, -0.2) is 59.0 Å². The van der Waals surface area contributed by atoms with E-state index in [0.717, 1.165) is 0 Å². The number of rotatable bonds is 7. The third-order valence-electron chi connectivity index (χ3n) is 4.16. The molecule has 0 aromatic heterocycles. The first-order valence-electron chi connectivity index (χ1n) is 8.51. The van der Waals surface area contributed by atoms with Gasteiger partial charge in [0.05, 0.1) is 0 Å². The van der Waals surface area contributed by atoms with E-state index < -0.39 is 30.6 Å². The summed E-state index contributed by atoms with van der Waals surface area (Å²) in [4.78, 5) is 38.3. The van der Waals surface area contributed by atoms with Crippen molar-refractivity contribution in [2.45, 2.75) is 26.0 Å². The fourth-order valence-electron chi connectivity index (χ4n) is 2.88. The highest BCUT2D eigenvalue weighted by atomic mass is 35.5. The summed E-state index contributed by atoms with van der Waals surface area (Å²) in [5.74, 6) is -1.14. The number of aliphatic carboxylic acids is 1. The van der Waals surface area contributed by atoms with Gasteiger partial charge in [-0.2, -0.15) is 11.8 Å². The van der Waals surface area contributed by atoms with Gasteiger partial charge in [0.2, 0.25) is 5.91 Å². The van der Waals surface area contributed by atoms with E-state index >= 15 is 0 Å². The topological polar surface area (TPSA) is 95.9 Å². The normalized spacial score (nSPS) is 19.3. The Hall–Kier alpha value is -1.93. The van der Waals surface area contributed by atoms with Gasteiger partial charge >= 0.3 is 5.97 Å². The Bertz CT molecular complexity index is 728. The highest BCUT2D eigenvalue weighted by Crippen LogP contribution is 2.37. The first kappa shape index (κ1) is 21.4. The molecule has 2 rings (SSSR count). The van der Waals surface area contributed by atoms with E-state index in [1.165, 1.54) is 4.90 Å². The number of carbonyl (C=O) groups excluding carboxylic acids is 2. The van der Waals surface area contributed by atoms with Gasteiger partial charge in [-0.3, -0.25) is 14.4 Å². The van der Waals surface area contributed by atoms with Crippen molar-refractivity contribution in [3.8, 4) is 5.75 Å². The lowest BCUT2D eigenvalue weighted by atomic mass is 10.0. The van der Waals surface area contributed by atoms with Gasteiger partial charge in [-0.25, -0.2) is 0 Å². The van der Waals surface area contributed by atoms with E-state index in [0.29, 0.717) is 28.6 Å². The van der Waals surface area contributed by atoms with Crippen molar-refractivity contribution in [1.29, 1.82) is 0 Å². The molecule has 1 aliphatic rings. The SMILES string of the molecule is CSCCN1C(=O)C(C(C)C)Oc2ccc(Cl)cc2C1C(=O)NCC(=O)O. The molecule has 2 atom stereocenters. The smallest absolute Gasteiger partial charge is 0.322 e. The van der Waals surface area contributed by atoms with Crippen molar-refractivity contribution in [2.24, 2.45) is 5.92 Å². The van der Waals surface area contributed by atoms with Crippen molar-refractivity contribution < 1.29 is 24.2 Å². The predicted molar refractivity (Wildman–Crippen MR) is 104 cm³/mol. The monoisotopic (exact) mass is 414 g/mol. The van der Waals surface area contributed by atoms with E-state index in [9.17, 15) is 14.4 Å². The molecule has 27 heavy (non-hydrogen) atoms. The zero-order chi connectivity index (χ0) is 20.1. The molecule has 2 unspecified atom stereocenters. The van der Waals surface area contributed by atoms with Crippen LogP contribution < -0.4 is 10.1 Å². The Balaban J connectivity index is 2.54. The number of benzene rings is 1. The van der Waals surface area contributed by atoms with E-state index in [1.54, 1.807) is 30.0 Å². The van der Waals surface area contributed by atoms with Crippen LogP contribution in [0.5, 0.6) is 5.75 Å². The lowest BCUT2D eigenvalue weighted by Crippen LogP contribution is -2.49. The number of nitrogens with one attached hydrogen (secondary N) is 1.